The van der Waals surface area contributed by atoms with Gasteiger partial charge in [-0.05, 0) is 73.8 Å². The van der Waals surface area contributed by atoms with E-state index in [0.29, 0.717) is 35.5 Å². The fourth-order valence-corrected chi connectivity index (χ4v) is 6.31. The molecule has 0 radical (unpaired) electrons. The van der Waals surface area contributed by atoms with Crippen LogP contribution in [0.3, 0.4) is 0 Å². The summed E-state index contributed by atoms with van der Waals surface area (Å²) in [6.07, 6.45) is 10.5. The lowest BCUT2D eigenvalue weighted by molar-refractivity contribution is -0.123. The molecule has 0 aliphatic heterocycles. The molecule has 0 saturated heterocycles. The van der Waals surface area contributed by atoms with Crippen LogP contribution >= 0.6 is 0 Å². The summed E-state index contributed by atoms with van der Waals surface area (Å²) in [5, 5.41) is 3.19. The number of nitrogens with one attached hydrogen (secondary N) is 1. The Hall–Kier alpha value is -2.17. The molecular weight excluding hydrogens is 355 g/mol. The second-order valence-electron chi connectivity index (χ2n) is 9.29. The van der Waals surface area contributed by atoms with Crippen molar-refractivity contribution in [3.8, 4) is 11.3 Å². The fourth-order valence-electron chi connectivity index (χ4n) is 6.31. The van der Waals surface area contributed by atoms with E-state index in [1.54, 1.807) is 18.2 Å². The van der Waals surface area contributed by atoms with Crippen molar-refractivity contribution in [2.45, 2.75) is 51.4 Å². The van der Waals surface area contributed by atoms with Crippen molar-refractivity contribution >= 4 is 5.91 Å². The molecule has 1 amide bonds. The zero-order valence-corrected chi connectivity index (χ0v) is 16.1. The second kappa shape index (κ2) is 7.02. The maximum atomic E-state index is 13.9. The van der Waals surface area contributed by atoms with Gasteiger partial charge in [-0.25, -0.2) is 9.37 Å². The Morgan fingerprint density at radius 2 is 1.82 bits per heavy atom. The molecule has 4 fully saturated rings. The first-order valence-electron chi connectivity index (χ1n) is 10.5. The quantitative estimate of drug-likeness (QED) is 0.785. The predicted octanol–water partition coefficient (Wildman–Crippen LogP) is 4.75. The van der Waals surface area contributed by atoms with Crippen molar-refractivity contribution in [3.63, 3.8) is 0 Å². The number of amides is 1. The molecule has 1 heterocycles. The number of hydrogen-bond acceptors (Lipinski definition) is 3. The van der Waals surface area contributed by atoms with Gasteiger partial charge in [-0.15, -0.1) is 0 Å². The van der Waals surface area contributed by atoms with Gasteiger partial charge < -0.3 is 9.73 Å². The van der Waals surface area contributed by atoms with Crippen LogP contribution in [0.15, 0.2) is 34.9 Å². The summed E-state index contributed by atoms with van der Waals surface area (Å²) in [6.45, 7) is 0.821. The van der Waals surface area contributed by atoms with Gasteiger partial charge in [0, 0.05) is 19.4 Å². The Bertz CT molecular complexity index is 840. The van der Waals surface area contributed by atoms with E-state index in [9.17, 15) is 9.18 Å². The first-order chi connectivity index (χ1) is 13.6. The van der Waals surface area contributed by atoms with Gasteiger partial charge in [-0.3, -0.25) is 4.79 Å². The topological polar surface area (TPSA) is 55.1 Å². The van der Waals surface area contributed by atoms with E-state index in [4.69, 9.17) is 4.42 Å². The number of halogens is 1. The summed E-state index contributed by atoms with van der Waals surface area (Å²) >= 11 is 0. The highest BCUT2D eigenvalue weighted by Gasteiger charge is 2.50. The Balaban J connectivity index is 1.14. The predicted molar refractivity (Wildman–Crippen MR) is 104 cm³/mol. The van der Waals surface area contributed by atoms with Gasteiger partial charge >= 0.3 is 0 Å². The minimum absolute atomic E-state index is 0.0568. The van der Waals surface area contributed by atoms with Crippen molar-refractivity contribution in [3.05, 3.63) is 42.2 Å². The minimum atomic E-state index is -0.335. The molecule has 2 aromatic rings. The van der Waals surface area contributed by atoms with Crippen LogP contribution < -0.4 is 5.32 Å². The van der Waals surface area contributed by atoms with Crippen LogP contribution in [0.4, 0.5) is 4.39 Å². The van der Waals surface area contributed by atoms with Crippen molar-refractivity contribution in [2.75, 3.05) is 6.54 Å². The van der Waals surface area contributed by atoms with Crippen LogP contribution in [0.2, 0.25) is 0 Å². The maximum absolute atomic E-state index is 13.9. The highest BCUT2D eigenvalue weighted by molar-refractivity contribution is 5.76. The van der Waals surface area contributed by atoms with Crippen LogP contribution in [-0.2, 0) is 11.2 Å². The Morgan fingerprint density at radius 1 is 1.14 bits per heavy atom. The molecule has 6 rings (SSSR count). The molecule has 5 heteroatoms. The lowest BCUT2D eigenvalue weighted by atomic mass is 9.49. The molecule has 28 heavy (non-hydrogen) atoms. The van der Waals surface area contributed by atoms with Crippen LogP contribution in [0.1, 0.15) is 50.8 Å². The molecule has 0 atom stereocenters. The van der Waals surface area contributed by atoms with E-state index < -0.39 is 0 Å². The molecule has 4 nitrogen and oxygen atoms in total. The van der Waals surface area contributed by atoms with Gasteiger partial charge in [-0.1, -0.05) is 12.1 Å². The third-order valence-electron chi connectivity index (χ3n) is 7.08. The summed E-state index contributed by atoms with van der Waals surface area (Å²) in [4.78, 5) is 16.6. The Labute approximate surface area is 164 Å². The van der Waals surface area contributed by atoms with Crippen molar-refractivity contribution in [1.29, 1.82) is 0 Å². The van der Waals surface area contributed by atoms with E-state index in [1.807, 2.05) is 0 Å². The van der Waals surface area contributed by atoms with Crippen LogP contribution in [0.5, 0.6) is 0 Å². The SMILES string of the molecule is O=C(CCc1ncc(-c2ccccc2F)o1)NCC12CC3CC(CC(C3)C1)C2. The molecule has 4 saturated carbocycles. The molecule has 1 aromatic carbocycles. The first kappa shape index (κ1) is 17.9. The van der Waals surface area contributed by atoms with Gasteiger partial charge in [0.2, 0.25) is 5.91 Å². The maximum Gasteiger partial charge on any atom is 0.220 e. The van der Waals surface area contributed by atoms with Crippen molar-refractivity contribution in [2.24, 2.45) is 23.2 Å². The van der Waals surface area contributed by atoms with Gasteiger partial charge in [0.15, 0.2) is 11.7 Å². The summed E-state index contributed by atoms with van der Waals surface area (Å²) < 4.78 is 19.5. The number of nitrogens with zero attached hydrogens (tertiary/aromatic N) is 1. The number of benzene rings is 1. The highest BCUT2D eigenvalue weighted by Crippen LogP contribution is 2.59. The summed E-state index contributed by atoms with van der Waals surface area (Å²) in [7, 11) is 0. The number of aromatic nitrogens is 1. The van der Waals surface area contributed by atoms with Gasteiger partial charge in [-0.2, -0.15) is 0 Å². The monoisotopic (exact) mass is 382 g/mol. The van der Waals surface area contributed by atoms with Gasteiger partial charge in [0.1, 0.15) is 5.82 Å². The number of rotatable bonds is 6. The zero-order chi connectivity index (χ0) is 19.1. The normalized spacial score (nSPS) is 30.5. The molecule has 4 aliphatic carbocycles. The molecule has 148 valence electrons. The Morgan fingerprint density at radius 3 is 2.50 bits per heavy atom. The number of oxazole rings is 1. The smallest absolute Gasteiger partial charge is 0.220 e. The van der Waals surface area contributed by atoms with E-state index in [-0.39, 0.29) is 11.7 Å². The minimum Gasteiger partial charge on any atom is -0.441 e. The Kier molecular flexibility index (Phi) is 4.48. The van der Waals surface area contributed by atoms with E-state index >= 15 is 0 Å². The standard InChI is InChI=1S/C23H27FN2O2/c24-19-4-2-1-3-18(19)20-13-25-22(28-20)6-5-21(27)26-14-23-10-15-7-16(11-23)9-17(8-15)12-23/h1-4,13,15-17H,5-12,14H2,(H,26,27). The zero-order valence-electron chi connectivity index (χ0n) is 16.1. The van der Waals surface area contributed by atoms with Gasteiger partial charge in [0.05, 0.1) is 11.8 Å². The van der Waals surface area contributed by atoms with Crippen LogP contribution in [0, 0.1) is 29.0 Å². The van der Waals surface area contributed by atoms with E-state index in [0.717, 1.165) is 24.3 Å². The summed E-state index contributed by atoms with van der Waals surface area (Å²) in [6, 6.07) is 6.47. The third kappa shape index (κ3) is 3.47. The highest BCUT2D eigenvalue weighted by atomic mass is 19.1. The van der Waals surface area contributed by atoms with Crippen molar-refractivity contribution in [1.82, 2.24) is 10.3 Å². The molecule has 1 N–H and O–H groups in total. The van der Waals surface area contributed by atoms with Crippen LogP contribution in [0.25, 0.3) is 11.3 Å². The average molecular weight is 382 g/mol. The molecule has 0 spiro atoms. The average Bonchev–Trinajstić information content (AvgIpc) is 3.13. The number of aryl methyl sites for hydroxylation is 1. The molecular formula is C23H27FN2O2. The molecule has 4 bridgehead atoms. The van der Waals surface area contributed by atoms with Gasteiger partial charge in [0.25, 0.3) is 0 Å². The largest absolute Gasteiger partial charge is 0.441 e. The second-order valence-corrected chi connectivity index (χ2v) is 9.29. The summed E-state index contributed by atoms with van der Waals surface area (Å²) in [5.74, 6) is 3.29. The lowest BCUT2D eigenvalue weighted by Gasteiger charge is -2.56. The number of carbonyl (C=O) groups excluding carboxylic acids is 1. The molecule has 1 aromatic heterocycles. The van der Waals surface area contributed by atoms with E-state index in [2.05, 4.69) is 10.3 Å². The van der Waals surface area contributed by atoms with Crippen molar-refractivity contribution < 1.29 is 13.6 Å². The lowest BCUT2D eigenvalue weighted by Crippen LogP contribution is -2.51. The number of carbonyl (C=O) groups is 1. The number of hydrogen-bond donors (Lipinski definition) is 1. The molecule has 4 aliphatic rings. The first-order valence-corrected chi connectivity index (χ1v) is 10.5. The molecule has 0 unspecified atom stereocenters. The fraction of sp³-hybridized carbons (Fsp3) is 0.565. The third-order valence-corrected chi connectivity index (χ3v) is 7.08. The van der Waals surface area contributed by atoms with Crippen LogP contribution in [-0.4, -0.2) is 17.4 Å². The van der Waals surface area contributed by atoms with E-state index in [1.165, 1.54) is 50.8 Å². The summed E-state index contributed by atoms with van der Waals surface area (Å²) in [5.41, 5.74) is 0.748.